The molecule has 0 spiro atoms. The van der Waals surface area contributed by atoms with Gasteiger partial charge < -0.3 is 10.2 Å². The van der Waals surface area contributed by atoms with Crippen LogP contribution in [0.5, 0.6) is 0 Å². The van der Waals surface area contributed by atoms with Crippen molar-refractivity contribution in [2.45, 2.75) is 31.7 Å². The number of hydrogen-bond acceptors (Lipinski definition) is 4. The Morgan fingerprint density at radius 1 is 1.23 bits per heavy atom. The molecular weight excluding hydrogens is 353 g/mol. The van der Waals surface area contributed by atoms with E-state index in [9.17, 15) is 12.8 Å². The smallest absolute Gasteiger partial charge is 0.238 e. The molecule has 0 radical (unpaired) electrons. The Morgan fingerprint density at radius 2 is 1.96 bits per heavy atom. The summed E-state index contributed by atoms with van der Waals surface area (Å²) >= 11 is 0. The van der Waals surface area contributed by atoms with Crippen molar-refractivity contribution in [3.05, 3.63) is 53.8 Å². The molecule has 0 aliphatic rings. The van der Waals surface area contributed by atoms with Gasteiger partial charge in [-0.25, -0.2) is 17.9 Å². The van der Waals surface area contributed by atoms with Crippen molar-refractivity contribution in [1.82, 2.24) is 0 Å². The van der Waals surface area contributed by atoms with Crippen LogP contribution in [0.4, 0.5) is 15.8 Å². The topological polar surface area (TPSA) is 75.4 Å². The molecule has 0 bridgehead atoms. The highest BCUT2D eigenvalue weighted by Crippen LogP contribution is 2.24. The maximum Gasteiger partial charge on any atom is 0.238 e. The fourth-order valence-corrected chi connectivity index (χ4v) is 3.30. The zero-order valence-corrected chi connectivity index (χ0v) is 16.2. The van der Waals surface area contributed by atoms with Gasteiger partial charge in [-0.2, -0.15) is 0 Å². The predicted octanol–water partition coefficient (Wildman–Crippen LogP) is 3.57. The second-order valence-electron chi connectivity index (χ2n) is 6.59. The van der Waals surface area contributed by atoms with E-state index in [2.05, 4.69) is 24.1 Å². The minimum absolute atomic E-state index is 0.0378. The molecule has 0 aliphatic carbocycles. The van der Waals surface area contributed by atoms with E-state index in [4.69, 9.17) is 5.14 Å². The molecule has 0 amide bonds. The summed E-state index contributed by atoms with van der Waals surface area (Å²) in [7, 11) is -1.77. The summed E-state index contributed by atoms with van der Waals surface area (Å²) < 4.78 is 36.7. The minimum atomic E-state index is -3.76. The summed E-state index contributed by atoms with van der Waals surface area (Å²) in [6, 6.07) is 11.0. The highest BCUT2D eigenvalue weighted by atomic mass is 32.2. The van der Waals surface area contributed by atoms with Gasteiger partial charge in [-0.15, -0.1) is 0 Å². The molecular formula is C19H26FN3O2S. The van der Waals surface area contributed by atoms with Gasteiger partial charge in [0.2, 0.25) is 10.0 Å². The molecule has 26 heavy (non-hydrogen) atoms. The van der Waals surface area contributed by atoms with Gasteiger partial charge in [0.25, 0.3) is 0 Å². The first-order valence-corrected chi connectivity index (χ1v) is 10.1. The molecule has 0 unspecified atom stereocenters. The molecule has 2 aromatic rings. The molecule has 1 atom stereocenters. The summed E-state index contributed by atoms with van der Waals surface area (Å²) in [6.45, 7) is 5.56. The standard InChI is InChI=1S/C19H26FN3O2S/c1-4-14(2)13-23(3)19-9-8-16(20)10-15(19)12-22-17-6-5-7-18(11-17)26(21,24)25/h5-11,14,22H,4,12-13H2,1-3H3,(H2,21,24,25)/t14-/m1/s1. The molecule has 0 fully saturated rings. The molecule has 0 aromatic heterocycles. The first-order chi connectivity index (χ1) is 12.2. The Morgan fingerprint density at radius 3 is 2.62 bits per heavy atom. The monoisotopic (exact) mass is 379 g/mol. The fraction of sp³-hybridized carbons (Fsp3) is 0.368. The number of hydrogen-bond donors (Lipinski definition) is 2. The summed E-state index contributed by atoms with van der Waals surface area (Å²) in [6.07, 6.45) is 1.07. The van der Waals surface area contributed by atoms with Gasteiger partial charge in [0.15, 0.2) is 0 Å². The lowest BCUT2D eigenvalue weighted by molar-refractivity contribution is 0.558. The third kappa shape index (κ3) is 5.44. The van der Waals surface area contributed by atoms with Crippen LogP contribution in [0.15, 0.2) is 47.4 Å². The minimum Gasteiger partial charge on any atom is -0.381 e. The van der Waals surface area contributed by atoms with Gasteiger partial charge in [0, 0.05) is 31.5 Å². The molecule has 0 heterocycles. The van der Waals surface area contributed by atoms with Crippen LogP contribution in [-0.2, 0) is 16.6 Å². The van der Waals surface area contributed by atoms with Gasteiger partial charge in [0.1, 0.15) is 5.82 Å². The summed E-state index contributed by atoms with van der Waals surface area (Å²) in [4.78, 5) is 2.15. The Balaban J connectivity index is 2.20. The third-order valence-electron chi connectivity index (χ3n) is 4.38. The van der Waals surface area contributed by atoms with E-state index in [0.29, 0.717) is 18.2 Å². The van der Waals surface area contributed by atoms with E-state index in [0.717, 1.165) is 24.2 Å². The SMILES string of the molecule is CC[C@@H](C)CN(C)c1ccc(F)cc1CNc1cccc(S(N)(=O)=O)c1. The first-order valence-electron chi connectivity index (χ1n) is 8.57. The highest BCUT2D eigenvalue weighted by molar-refractivity contribution is 7.89. The van der Waals surface area contributed by atoms with Crippen LogP contribution >= 0.6 is 0 Å². The van der Waals surface area contributed by atoms with Gasteiger partial charge in [-0.3, -0.25) is 0 Å². The molecule has 2 rings (SSSR count). The van der Waals surface area contributed by atoms with Crippen LogP contribution in [0.3, 0.4) is 0 Å². The second-order valence-corrected chi connectivity index (χ2v) is 8.15. The van der Waals surface area contributed by atoms with Crippen LogP contribution in [-0.4, -0.2) is 22.0 Å². The van der Waals surface area contributed by atoms with E-state index in [-0.39, 0.29) is 10.7 Å². The lowest BCUT2D eigenvalue weighted by atomic mass is 10.1. The highest BCUT2D eigenvalue weighted by Gasteiger charge is 2.12. The zero-order chi connectivity index (χ0) is 19.3. The van der Waals surface area contributed by atoms with Gasteiger partial charge in [-0.05, 0) is 47.9 Å². The number of rotatable bonds is 8. The number of nitrogens with zero attached hydrogens (tertiary/aromatic N) is 1. The maximum atomic E-state index is 13.7. The third-order valence-corrected chi connectivity index (χ3v) is 5.29. The second kappa shape index (κ2) is 8.51. The molecule has 3 N–H and O–H groups in total. The van der Waals surface area contributed by atoms with Crippen LogP contribution in [0.2, 0.25) is 0 Å². The van der Waals surface area contributed by atoms with Crippen molar-refractivity contribution in [2.24, 2.45) is 11.1 Å². The fourth-order valence-electron chi connectivity index (χ4n) is 2.74. The average Bonchev–Trinajstić information content (AvgIpc) is 2.59. The summed E-state index contributed by atoms with van der Waals surface area (Å²) in [5, 5.41) is 8.31. The van der Waals surface area contributed by atoms with Crippen LogP contribution in [0.25, 0.3) is 0 Å². The number of anilines is 2. The Bertz CT molecular complexity index is 856. The molecule has 142 valence electrons. The number of halogens is 1. The molecule has 0 saturated carbocycles. The van der Waals surface area contributed by atoms with Crippen molar-refractivity contribution in [2.75, 3.05) is 23.8 Å². The van der Waals surface area contributed by atoms with Gasteiger partial charge in [0.05, 0.1) is 4.90 Å². The summed E-state index contributed by atoms with van der Waals surface area (Å²) in [5.41, 5.74) is 2.36. The predicted molar refractivity (Wildman–Crippen MR) is 104 cm³/mol. The van der Waals surface area contributed by atoms with Crippen molar-refractivity contribution < 1.29 is 12.8 Å². The number of benzene rings is 2. The average molecular weight is 380 g/mol. The van der Waals surface area contributed by atoms with E-state index < -0.39 is 10.0 Å². The quantitative estimate of drug-likeness (QED) is 0.735. The van der Waals surface area contributed by atoms with E-state index in [1.54, 1.807) is 18.2 Å². The number of nitrogens with one attached hydrogen (secondary N) is 1. The normalized spacial score (nSPS) is 12.7. The van der Waals surface area contributed by atoms with Crippen molar-refractivity contribution in [3.63, 3.8) is 0 Å². The Hall–Kier alpha value is -2.12. The molecule has 2 aromatic carbocycles. The number of sulfonamides is 1. The van der Waals surface area contributed by atoms with Gasteiger partial charge >= 0.3 is 0 Å². The molecule has 0 saturated heterocycles. The van der Waals surface area contributed by atoms with E-state index in [1.807, 2.05) is 7.05 Å². The van der Waals surface area contributed by atoms with Crippen LogP contribution < -0.4 is 15.4 Å². The van der Waals surface area contributed by atoms with Crippen molar-refractivity contribution in [3.8, 4) is 0 Å². The maximum absolute atomic E-state index is 13.7. The summed E-state index contributed by atoms with van der Waals surface area (Å²) in [5.74, 6) is 0.220. The van der Waals surface area contributed by atoms with Gasteiger partial charge in [-0.1, -0.05) is 26.3 Å². The Labute approximate surface area is 155 Å². The molecule has 7 heteroatoms. The van der Waals surface area contributed by atoms with Crippen LogP contribution in [0.1, 0.15) is 25.8 Å². The largest absolute Gasteiger partial charge is 0.381 e. The lowest BCUT2D eigenvalue weighted by Crippen LogP contribution is -2.25. The molecule has 0 aliphatic heterocycles. The first kappa shape index (κ1) is 20.2. The zero-order valence-electron chi connectivity index (χ0n) is 15.4. The number of nitrogens with two attached hydrogens (primary N) is 1. The number of primary sulfonamides is 1. The van der Waals surface area contributed by atoms with Crippen molar-refractivity contribution >= 4 is 21.4 Å². The van der Waals surface area contributed by atoms with E-state index >= 15 is 0 Å². The lowest BCUT2D eigenvalue weighted by Gasteiger charge is -2.25. The van der Waals surface area contributed by atoms with Crippen molar-refractivity contribution in [1.29, 1.82) is 0 Å². The molecule has 5 nitrogen and oxygen atoms in total. The van der Waals surface area contributed by atoms with E-state index in [1.165, 1.54) is 24.3 Å². The Kier molecular flexibility index (Phi) is 6.61. The van der Waals surface area contributed by atoms with Crippen LogP contribution in [0, 0.1) is 11.7 Å².